The fourth-order valence-corrected chi connectivity index (χ4v) is 2.51. The zero-order chi connectivity index (χ0) is 14.7. The molecule has 1 heteroatoms. The SMILES string of the molecule is Cc1cc(C)cc(CC(=O)c2ccc(C(C)C)cc2)c1. The highest BCUT2D eigenvalue weighted by Gasteiger charge is 2.08. The van der Waals surface area contributed by atoms with Crippen LogP contribution in [0.3, 0.4) is 0 Å². The number of Topliss-reactive ketones (excluding diaryl/α,β-unsaturated/α-hetero) is 1. The Balaban J connectivity index is 2.15. The van der Waals surface area contributed by atoms with E-state index in [1.165, 1.54) is 16.7 Å². The average Bonchev–Trinajstić information content (AvgIpc) is 2.37. The Labute approximate surface area is 121 Å². The first-order valence-corrected chi connectivity index (χ1v) is 7.16. The second kappa shape index (κ2) is 6.04. The van der Waals surface area contributed by atoms with E-state index in [0.29, 0.717) is 12.3 Å². The summed E-state index contributed by atoms with van der Waals surface area (Å²) in [6.07, 6.45) is 0.476. The second-order valence-corrected chi connectivity index (χ2v) is 5.87. The first kappa shape index (κ1) is 14.5. The molecule has 1 nitrogen and oxygen atoms in total. The quantitative estimate of drug-likeness (QED) is 0.723. The van der Waals surface area contributed by atoms with Crippen LogP contribution in [0.2, 0.25) is 0 Å². The molecule has 0 radical (unpaired) electrons. The van der Waals surface area contributed by atoms with Crippen molar-refractivity contribution < 1.29 is 4.79 Å². The van der Waals surface area contributed by atoms with Crippen LogP contribution >= 0.6 is 0 Å². The maximum atomic E-state index is 12.3. The van der Waals surface area contributed by atoms with Crippen molar-refractivity contribution in [2.24, 2.45) is 0 Å². The maximum Gasteiger partial charge on any atom is 0.167 e. The van der Waals surface area contributed by atoms with Gasteiger partial charge in [-0.3, -0.25) is 4.79 Å². The third kappa shape index (κ3) is 3.57. The van der Waals surface area contributed by atoms with Gasteiger partial charge in [-0.05, 0) is 30.9 Å². The molecule has 2 aromatic rings. The number of hydrogen-bond acceptors (Lipinski definition) is 1. The fraction of sp³-hybridized carbons (Fsp3) is 0.316. The van der Waals surface area contributed by atoms with E-state index >= 15 is 0 Å². The van der Waals surface area contributed by atoms with Crippen LogP contribution in [0.15, 0.2) is 42.5 Å². The normalized spacial score (nSPS) is 10.8. The van der Waals surface area contributed by atoms with Gasteiger partial charge in [0, 0.05) is 12.0 Å². The molecule has 0 saturated carbocycles. The van der Waals surface area contributed by atoms with Gasteiger partial charge in [0.1, 0.15) is 0 Å². The Bertz CT molecular complexity index is 586. The molecule has 0 saturated heterocycles. The van der Waals surface area contributed by atoms with Crippen molar-refractivity contribution in [3.63, 3.8) is 0 Å². The lowest BCUT2D eigenvalue weighted by Gasteiger charge is -2.07. The van der Waals surface area contributed by atoms with Crippen LogP contribution in [0, 0.1) is 13.8 Å². The molecule has 0 aliphatic heterocycles. The standard InChI is InChI=1S/C19H22O/c1-13(2)17-5-7-18(8-6-17)19(20)12-16-10-14(3)9-15(4)11-16/h5-11,13H,12H2,1-4H3. The molecule has 0 spiro atoms. The molecule has 2 rings (SSSR count). The van der Waals surface area contributed by atoms with E-state index in [1.807, 2.05) is 12.1 Å². The molecule has 0 aliphatic carbocycles. The van der Waals surface area contributed by atoms with Crippen molar-refractivity contribution in [3.05, 3.63) is 70.3 Å². The zero-order valence-corrected chi connectivity index (χ0v) is 12.7. The molecule has 0 fully saturated rings. The molecule has 0 unspecified atom stereocenters. The van der Waals surface area contributed by atoms with Crippen molar-refractivity contribution in [3.8, 4) is 0 Å². The number of benzene rings is 2. The topological polar surface area (TPSA) is 17.1 Å². The van der Waals surface area contributed by atoms with E-state index in [-0.39, 0.29) is 5.78 Å². The molecule has 0 N–H and O–H groups in total. The van der Waals surface area contributed by atoms with Crippen LogP contribution in [0.5, 0.6) is 0 Å². The minimum absolute atomic E-state index is 0.185. The minimum atomic E-state index is 0.185. The van der Waals surface area contributed by atoms with Gasteiger partial charge in [0.2, 0.25) is 0 Å². The Hall–Kier alpha value is -1.89. The molecule has 0 atom stereocenters. The van der Waals surface area contributed by atoms with Crippen LogP contribution in [0.1, 0.15) is 52.4 Å². The molecular weight excluding hydrogens is 244 g/mol. The first-order chi connectivity index (χ1) is 9.45. The van der Waals surface area contributed by atoms with Gasteiger partial charge in [-0.2, -0.15) is 0 Å². The van der Waals surface area contributed by atoms with E-state index in [2.05, 4.69) is 58.0 Å². The van der Waals surface area contributed by atoms with Gasteiger partial charge in [0.05, 0.1) is 0 Å². The smallest absolute Gasteiger partial charge is 0.167 e. The second-order valence-electron chi connectivity index (χ2n) is 5.87. The van der Waals surface area contributed by atoms with Gasteiger partial charge in [0.15, 0.2) is 5.78 Å². The third-order valence-electron chi connectivity index (χ3n) is 3.55. The lowest BCUT2D eigenvalue weighted by molar-refractivity contribution is 0.0993. The van der Waals surface area contributed by atoms with Gasteiger partial charge in [-0.25, -0.2) is 0 Å². The third-order valence-corrected chi connectivity index (χ3v) is 3.55. The summed E-state index contributed by atoms with van der Waals surface area (Å²) in [4.78, 5) is 12.3. The van der Waals surface area contributed by atoms with Gasteiger partial charge < -0.3 is 0 Å². The molecular formula is C19H22O. The predicted octanol–water partition coefficient (Wildman–Crippen LogP) is 4.85. The summed E-state index contributed by atoms with van der Waals surface area (Å²) < 4.78 is 0. The Morgan fingerprint density at radius 1 is 0.950 bits per heavy atom. The summed E-state index contributed by atoms with van der Waals surface area (Å²) >= 11 is 0. The maximum absolute atomic E-state index is 12.3. The summed E-state index contributed by atoms with van der Waals surface area (Å²) in [5.41, 5.74) is 5.59. The van der Waals surface area contributed by atoms with Crippen LogP contribution in [0.4, 0.5) is 0 Å². The van der Waals surface area contributed by atoms with E-state index in [9.17, 15) is 4.79 Å². The molecule has 0 aromatic heterocycles. The van der Waals surface area contributed by atoms with Crippen molar-refractivity contribution in [1.82, 2.24) is 0 Å². The van der Waals surface area contributed by atoms with Gasteiger partial charge in [-0.1, -0.05) is 67.4 Å². The zero-order valence-electron chi connectivity index (χ0n) is 12.7. The minimum Gasteiger partial charge on any atom is -0.294 e. The van der Waals surface area contributed by atoms with Crippen molar-refractivity contribution in [2.45, 2.75) is 40.0 Å². The van der Waals surface area contributed by atoms with Crippen molar-refractivity contribution in [1.29, 1.82) is 0 Å². The van der Waals surface area contributed by atoms with E-state index in [0.717, 1.165) is 11.1 Å². The molecule has 104 valence electrons. The first-order valence-electron chi connectivity index (χ1n) is 7.16. The van der Waals surface area contributed by atoms with E-state index in [1.54, 1.807) is 0 Å². The largest absolute Gasteiger partial charge is 0.294 e. The summed E-state index contributed by atoms with van der Waals surface area (Å²) in [6, 6.07) is 14.3. The van der Waals surface area contributed by atoms with Gasteiger partial charge in [-0.15, -0.1) is 0 Å². The van der Waals surface area contributed by atoms with E-state index < -0.39 is 0 Å². The lowest BCUT2D eigenvalue weighted by Crippen LogP contribution is -2.04. The number of ketones is 1. The number of carbonyl (C=O) groups is 1. The highest BCUT2D eigenvalue weighted by molar-refractivity contribution is 5.97. The predicted molar refractivity (Wildman–Crippen MR) is 84.5 cm³/mol. The summed E-state index contributed by atoms with van der Waals surface area (Å²) in [5, 5.41) is 0. The number of aryl methyl sites for hydroxylation is 2. The van der Waals surface area contributed by atoms with Crippen LogP contribution < -0.4 is 0 Å². The van der Waals surface area contributed by atoms with Gasteiger partial charge in [0.25, 0.3) is 0 Å². The molecule has 0 heterocycles. The summed E-state index contributed by atoms with van der Waals surface area (Å²) in [7, 11) is 0. The number of hydrogen-bond donors (Lipinski definition) is 0. The van der Waals surface area contributed by atoms with Crippen molar-refractivity contribution >= 4 is 5.78 Å². The Morgan fingerprint density at radius 2 is 1.50 bits per heavy atom. The highest BCUT2D eigenvalue weighted by Crippen LogP contribution is 2.17. The Kier molecular flexibility index (Phi) is 4.39. The van der Waals surface area contributed by atoms with E-state index in [4.69, 9.17) is 0 Å². The molecule has 0 amide bonds. The molecule has 20 heavy (non-hydrogen) atoms. The van der Waals surface area contributed by atoms with Crippen LogP contribution in [-0.2, 0) is 6.42 Å². The van der Waals surface area contributed by atoms with Crippen LogP contribution in [-0.4, -0.2) is 5.78 Å². The highest BCUT2D eigenvalue weighted by atomic mass is 16.1. The number of rotatable bonds is 4. The molecule has 2 aromatic carbocycles. The lowest BCUT2D eigenvalue weighted by atomic mass is 9.97. The Morgan fingerprint density at radius 3 is 2.00 bits per heavy atom. The van der Waals surface area contributed by atoms with Crippen LogP contribution in [0.25, 0.3) is 0 Å². The summed E-state index contributed by atoms with van der Waals surface area (Å²) in [6.45, 7) is 8.45. The van der Waals surface area contributed by atoms with Gasteiger partial charge >= 0.3 is 0 Å². The molecule has 0 aliphatic rings. The molecule has 0 bridgehead atoms. The summed E-state index contributed by atoms with van der Waals surface area (Å²) in [5.74, 6) is 0.684. The number of carbonyl (C=O) groups excluding carboxylic acids is 1. The monoisotopic (exact) mass is 266 g/mol. The average molecular weight is 266 g/mol. The fourth-order valence-electron chi connectivity index (χ4n) is 2.51. The van der Waals surface area contributed by atoms with Crippen molar-refractivity contribution in [2.75, 3.05) is 0 Å².